The number of carbonyl (C=O) groups is 1. The molecular weight excluding hydrogens is 847 g/mol. The molecule has 0 rings (SSSR count). The highest BCUT2D eigenvalue weighted by Gasteiger charge is 2.23. The second kappa shape index (κ2) is 59.7. The van der Waals surface area contributed by atoms with E-state index < -0.39 is 24.2 Å². The first kappa shape index (κ1) is 68.1. The van der Waals surface area contributed by atoms with Crippen LogP contribution in [0.1, 0.15) is 367 Å². The van der Waals surface area contributed by atoms with Crippen LogP contribution >= 0.6 is 0 Å². The molecule has 0 heterocycles. The Hall–Kier alpha value is -0.910. The van der Waals surface area contributed by atoms with E-state index in [4.69, 9.17) is 0 Å². The lowest BCUT2D eigenvalue weighted by Gasteiger charge is -2.23. The zero-order valence-corrected chi connectivity index (χ0v) is 47.2. The summed E-state index contributed by atoms with van der Waals surface area (Å²) in [5.74, 6) is -0.462. The fraction of sp³-hybridized carbons (Fsp3) is 0.953. The first-order valence-corrected chi connectivity index (χ1v) is 32.0. The molecule has 5 nitrogen and oxygen atoms in total. The standard InChI is InChI=1S/C64H127NO4/c1-3-5-7-9-11-13-15-17-19-21-23-25-26-27-28-29-30-31-32-33-34-35-36-37-39-41-43-45-47-49-51-53-55-57-59-63(68)64(69)65-61(60-66)62(67)58-56-54-52-50-48-46-44-42-40-38-24-22-20-18-16-14-12-10-8-6-4-2/h29-30,61-63,66-68H,3-28,31-60H2,1-2H3,(H,65,69)/b30-29-. The van der Waals surface area contributed by atoms with Crippen molar-refractivity contribution in [1.29, 1.82) is 0 Å². The van der Waals surface area contributed by atoms with E-state index in [0.29, 0.717) is 12.8 Å². The number of allylic oxidation sites excluding steroid dienone is 2. The summed E-state index contributed by atoms with van der Waals surface area (Å²) >= 11 is 0. The molecule has 0 spiro atoms. The van der Waals surface area contributed by atoms with E-state index >= 15 is 0 Å². The van der Waals surface area contributed by atoms with Gasteiger partial charge in [0.05, 0.1) is 18.8 Å². The average Bonchev–Trinajstić information content (AvgIpc) is 3.35. The summed E-state index contributed by atoms with van der Waals surface area (Å²) in [6.07, 6.45) is 75.8. The van der Waals surface area contributed by atoms with Gasteiger partial charge in [0.2, 0.25) is 5.91 Å². The summed E-state index contributed by atoms with van der Waals surface area (Å²) in [4.78, 5) is 12.6. The molecule has 0 aromatic rings. The van der Waals surface area contributed by atoms with Gasteiger partial charge >= 0.3 is 0 Å². The SMILES string of the molecule is CCCCCCCCCCCCCCCC/C=C\CCCCCCCCCCCCCCCCCCC(O)C(=O)NC(CO)C(O)CCCCCCCCCCCCCCCCCCCCCCC. The topological polar surface area (TPSA) is 89.8 Å². The molecular formula is C64H127NO4. The van der Waals surface area contributed by atoms with Crippen molar-refractivity contribution in [3.05, 3.63) is 12.2 Å². The molecule has 3 atom stereocenters. The minimum absolute atomic E-state index is 0.309. The molecule has 0 saturated carbocycles. The summed E-state index contributed by atoms with van der Waals surface area (Å²) in [7, 11) is 0. The quantitative estimate of drug-likeness (QED) is 0.0361. The van der Waals surface area contributed by atoms with E-state index in [1.807, 2.05) is 0 Å². The largest absolute Gasteiger partial charge is 0.394 e. The highest BCUT2D eigenvalue weighted by atomic mass is 16.3. The van der Waals surface area contributed by atoms with Gasteiger partial charge in [0.25, 0.3) is 0 Å². The van der Waals surface area contributed by atoms with Crippen molar-refractivity contribution < 1.29 is 20.1 Å². The molecule has 5 heteroatoms. The molecule has 0 bridgehead atoms. The lowest BCUT2D eigenvalue weighted by atomic mass is 10.0. The van der Waals surface area contributed by atoms with Gasteiger partial charge in [-0.25, -0.2) is 0 Å². The Kier molecular flexibility index (Phi) is 58.9. The van der Waals surface area contributed by atoms with E-state index in [-0.39, 0.29) is 6.61 Å². The van der Waals surface area contributed by atoms with Crippen LogP contribution in [0.3, 0.4) is 0 Å². The predicted molar refractivity (Wildman–Crippen MR) is 305 cm³/mol. The van der Waals surface area contributed by atoms with Crippen LogP contribution in [0.2, 0.25) is 0 Å². The Morgan fingerprint density at radius 3 is 0.797 bits per heavy atom. The normalized spacial score (nSPS) is 13.2. The summed E-state index contributed by atoms with van der Waals surface area (Å²) in [6, 6.07) is -0.710. The summed E-state index contributed by atoms with van der Waals surface area (Å²) in [5, 5.41) is 33.6. The monoisotopic (exact) mass is 974 g/mol. The number of amides is 1. The van der Waals surface area contributed by atoms with E-state index in [9.17, 15) is 20.1 Å². The van der Waals surface area contributed by atoms with E-state index in [0.717, 1.165) is 32.1 Å². The van der Waals surface area contributed by atoms with Crippen LogP contribution in [-0.4, -0.2) is 46.1 Å². The Bertz CT molecular complexity index is 987. The molecule has 0 aromatic heterocycles. The third-order valence-corrected chi connectivity index (χ3v) is 15.4. The van der Waals surface area contributed by atoms with Crippen molar-refractivity contribution in [2.75, 3.05) is 6.61 Å². The number of rotatable bonds is 60. The maximum absolute atomic E-state index is 12.6. The average molecular weight is 975 g/mol. The molecule has 69 heavy (non-hydrogen) atoms. The number of hydrogen-bond acceptors (Lipinski definition) is 4. The highest BCUT2D eigenvalue weighted by Crippen LogP contribution is 2.19. The Morgan fingerprint density at radius 2 is 0.551 bits per heavy atom. The smallest absolute Gasteiger partial charge is 0.249 e. The number of aliphatic hydroxyl groups is 3. The van der Waals surface area contributed by atoms with Gasteiger partial charge in [-0.3, -0.25) is 4.79 Å². The van der Waals surface area contributed by atoms with Crippen molar-refractivity contribution in [3.8, 4) is 0 Å². The molecule has 412 valence electrons. The van der Waals surface area contributed by atoms with Crippen LogP contribution in [0, 0.1) is 0 Å². The third kappa shape index (κ3) is 54.7. The molecule has 0 aromatic carbocycles. The molecule has 0 saturated heterocycles. The van der Waals surface area contributed by atoms with E-state index in [1.165, 1.54) is 308 Å². The van der Waals surface area contributed by atoms with Crippen LogP contribution < -0.4 is 5.32 Å². The van der Waals surface area contributed by atoms with Crippen LogP contribution in [0.4, 0.5) is 0 Å². The van der Waals surface area contributed by atoms with Gasteiger partial charge in [-0.1, -0.05) is 341 Å². The van der Waals surface area contributed by atoms with Crippen LogP contribution in [0.15, 0.2) is 12.2 Å². The zero-order chi connectivity index (χ0) is 50.0. The maximum Gasteiger partial charge on any atom is 0.249 e. The molecule has 0 aliphatic carbocycles. The molecule has 0 aliphatic rings. The lowest BCUT2D eigenvalue weighted by Crippen LogP contribution is -2.49. The van der Waals surface area contributed by atoms with Gasteiger partial charge < -0.3 is 20.6 Å². The van der Waals surface area contributed by atoms with Gasteiger partial charge in [0.1, 0.15) is 6.10 Å². The third-order valence-electron chi connectivity index (χ3n) is 15.4. The first-order chi connectivity index (χ1) is 34.1. The summed E-state index contributed by atoms with van der Waals surface area (Å²) < 4.78 is 0. The predicted octanol–water partition coefficient (Wildman–Crippen LogP) is 20.2. The van der Waals surface area contributed by atoms with Crippen LogP contribution in [0.5, 0.6) is 0 Å². The Morgan fingerprint density at radius 1 is 0.333 bits per heavy atom. The van der Waals surface area contributed by atoms with Crippen molar-refractivity contribution in [2.45, 2.75) is 385 Å². The number of unbranched alkanes of at least 4 members (excludes halogenated alkanes) is 50. The van der Waals surface area contributed by atoms with E-state index in [2.05, 4.69) is 31.3 Å². The highest BCUT2D eigenvalue weighted by molar-refractivity contribution is 5.80. The minimum atomic E-state index is -1.07. The van der Waals surface area contributed by atoms with Crippen molar-refractivity contribution >= 4 is 5.91 Å². The first-order valence-electron chi connectivity index (χ1n) is 32.0. The van der Waals surface area contributed by atoms with Gasteiger partial charge in [-0.05, 0) is 38.5 Å². The number of carbonyl (C=O) groups excluding carboxylic acids is 1. The fourth-order valence-corrected chi connectivity index (χ4v) is 10.4. The number of aliphatic hydroxyl groups excluding tert-OH is 3. The Balaban J connectivity index is 3.46. The molecule has 0 fully saturated rings. The molecule has 4 N–H and O–H groups in total. The second-order valence-corrected chi connectivity index (χ2v) is 22.3. The van der Waals surface area contributed by atoms with Crippen molar-refractivity contribution in [1.82, 2.24) is 5.32 Å². The van der Waals surface area contributed by atoms with Gasteiger partial charge in [-0.2, -0.15) is 0 Å². The van der Waals surface area contributed by atoms with Gasteiger partial charge in [0.15, 0.2) is 0 Å². The van der Waals surface area contributed by atoms with Crippen LogP contribution in [0.25, 0.3) is 0 Å². The van der Waals surface area contributed by atoms with Crippen molar-refractivity contribution in [3.63, 3.8) is 0 Å². The lowest BCUT2D eigenvalue weighted by molar-refractivity contribution is -0.131. The van der Waals surface area contributed by atoms with Gasteiger partial charge in [-0.15, -0.1) is 0 Å². The molecule has 0 aliphatic heterocycles. The summed E-state index contributed by atoms with van der Waals surface area (Å²) in [6.45, 7) is 4.28. The number of hydrogen-bond donors (Lipinski definition) is 4. The number of nitrogens with one attached hydrogen (secondary N) is 1. The van der Waals surface area contributed by atoms with Gasteiger partial charge in [0, 0.05) is 0 Å². The second-order valence-electron chi connectivity index (χ2n) is 22.3. The fourth-order valence-electron chi connectivity index (χ4n) is 10.4. The van der Waals surface area contributed by atoms with Crippen molar-refractivity contribution in [2.24, 2.45) is 0 Å². The summed E-state index contributed by atoms with van der Waals surface area (Å²) in [5.41, 5.74) is 0. The molecule has 0 radical (unpaired) electrons. The maximum atomic E-state index is 12.6. The minimum Gasteiger partial charge on any atom is -0.394 e. The molecule has 3 unspecified atom stereocenters. The molecule has 1 amide bonds. The van der Waals surface area contributed by atoms with Crippen LogP contribution in [-0.2, 0) is 4.79 Å². The Labute approximate surface area is 433 Å². The zero-order valence-electron chi connectivity index (χ0n) is 47.2. The van der Waals surface area contributed by atoms with E-state index in [1.54, 1.807) is 0 Å².